The van der Waals surface area contributed by atoms with Crippen LogP contribution < -0.4 is 38.6 Å². The first-order valence-electron chi connectivity index (χ1n) is 14.4. The van der Waals surface area contributed by atoms with Gasteiger partial charge in [-0.2, -0.15) is 0 Å². The lowest BCUT2D eigenvalue weighted by atomic mass is 9.95. The van der Waals surface area contributed by atoms with E-state index in [2.05, 4.69) is 4.99 Å². The lowest BCUT2D eigenvalue weighted by Gasteiger charge is -2.26. The molecule has 4 aromatic rings. The van der Waals surface area contributed by atoms with E-state index < -0.39 is 12.0 Å². The second-order valence-electron chi connectivity index (χ2n) is 10.2. The fourth-order valence-electron chi connectivity index (χ4n) is 5.22. The zero-order valence-electron chi connectivity index (χ0n) is 26.5. The minimum Gasteiger partial charge on any atom is -0.493 e. The Labute approximate surface area is 285 Å². The molecule has 13 heteroatoms. The SMILES string of the molecule is CCOC(=O)C1=C(C)N=c2s/c(=C\c3cc(Cl)c(OCc4ccc(Cl)cc4)c(OC)c3)c(=O)n2[C@H]1c1cc(OC)c(OC)c(OC)c1. The Morgan fingerprint density at radius 1 is 0.936 bits per heavy atom. The molecule has 1 aliphatic rings. The van der Waals surface area contributed by atoms with Crippen LogP contribution in [0.2, 0.25) is 10.0 Å². The van der Waals surface area contributed by atoms with Gasteiger partial charge in [0.25, 0.3) is 5.56 Å². The average Bonchev–Trinajstić information content (AvgIpc) is 3.36. The van der Waals surface area contributed by atoms with Crippen LogP contribution in [0.5, 0.6) is 28.7 Å². The number of benzene rings is 3. The van der Waals surface area contributed by atoms with Crippen LogP contribution >= 0.6 is 34.5 Å². The van der Waals surface area contributed by atoms with E-state index in [4.69, 9.17) is 51.6 Å². The largest absolute Gasteiger partial charge is 0.493 e. The van der Waals surface area contributed by atoms with Gasteiger partial charge in [-0.1, -0.05) is 46.7 Å². The van der Waals surface area contributed by atoms with Gasteiger partial charge in [-0.15, -0.1) is 0 Å². The van der Waals surface area contributed by atoms with Crippen molar-refractivity contribution >= 4 is 46.6 Å². The summed E-state index contributed by atoms with van der Waals surface area (Å²) in [5, 5.41) is 0.925. The van der Waals surface area contributed by atoms with Crippen LogP contribution in [0.3, 0.4) is 0 Å². The van der Waals surface area contributed by atoms with Crippen molar-refractivity contribution in [3.8, 4) is 28.7 Å². The molecule has 47 heavy (non-hydrogen) atoms. The summed E-state index contributed by atoms with van der Waals surface area (Å²) in [7, 11) is 5.99. The van der Waals surface area contributed by atoms with Gasteiger partial charge in [0.1, 0.15) is 6.61 Å². The molecule has 5 rings (SSSR count). The number of methoxy groups -OCH3 is 4. The van der Waals surface area contributed by atoms with Crippen molar-refractivity contribution in [3.05, 3.63) is 106 Å². The molecule has 0 radical (unpaired) electrons. The number of esters is 1. The van der Waals surface area contributed by atoms with Crippen molar-refractivity contribution in [3.63, 3.8) is 0 Å². The Bertz CT molecular complexity index is 2010. The summed E-state index contributed by atoms with van der Waals surface area (Å²) < 4.78 is 35.5. The van der Waals surface area contributed by atoms with Gasteiger partial charge in [-0.05, 0) is 73.0 Å². The van der Waals surface area contributed by atoms with E-state index in [9.17, 15) is 9.59 Å². The molecule has 1 atom stereocenters. The average molecular weight is 700 g/mol. The third-order valence-electron chi connectivity index (χ3n) is 7.37. The van der Waals surface area contributed by atoms with Crippen molar-refractivity contribution in [2.75, 3.05) is 35.0 Å². The molecule has 0 saturated carbocycles. The second kappa shape index (κ2) is 14.5. The first-order valence-corrected chi connectivity index (χ1v) is 16.0. The lowest BCUT2D eigenvalue weighted by Crippen LogP contribution is -2.40. The van der Waals surface area contributed by atoms with Crippen LogP contribution in [0.4, 0.5) is 0 Å². The normalized spacial score (nSPS) is 14.3. The second-order valence-corrected chi connectivity index (χ2v) is 12.1. The molecule has 0 aliphatic carbocycles. The maximum absolute atomic E-state index is 14.2. The number of carbonyl (C=O) groups is 1. The van der Waals surface area contributed by atoms with Gasteiger partial charge in [0, 0.05) is 5.02 Å². The first kappa shape index (κ1) is 33.9. The highest BCUT2D eigenvalue weighted by Gasteiger charge is 2.34. The van der Waals surface area contributed by atoms with Gasteiger partial charge >= 0.3 is 5.97 Å². The quantitative estimate of drug-likeness (QED) is 0.183. The summed E-state index contributed by atoms with van der Waals surface area (Å²) in [4.78, 5) is 32.6. The number of nitrogens with zero attached hydrogens (tertiary/aromatic N) is 2. The van der Waals surface area contributed by atoms with Crippen LogP contribution in [-0.2, 0) is 16.1 Å². The number of aromatic nitrogens is 1. The molecule has 0 unspecified atom stereocenters. The number of allylic oxidation sites excluding steroid dienone is 1. The Kier molecular flexibility index (Phi) is 10.5. The molecule has 0 spiro atoms. The molecule has 0 amide bonds. The Morgan fingerprint density at radius 3 is 2.17 bits per heavy atom. The molecule has 3 aromatic carbocycles. The van der Waals surface area contributed by atoms with E-state index in [0.717, 1.165) is 5.56 Å². The molecule has 246 valence electrons. The van der Waals surface area contributed by atoms with E-state index in [1.807, 2.05) is 12.1 Å². The van der Waals surface area contributed by atoms with Crippen molar-refractivity contribution in [2.45, 2.75) is 26.5 Å². The Morgan fingerprint density at radius 2 is 1.57 bits per heavy atom. The van der Waals surface area contributed by atoms with Gasteiger partial charge in [-0.25, -0.2) is 9.79 Å². The summed E-state index contributed by atoms with van der Waals surface area (Å²) >= 11 is 13.8. The van der Waals surface area contributed by atoms with E-state index in [1.54, 1.807) is 56.3 Å². The minimum absolute atomic E-state index is 0.143. The molecule has 2 heterocycles. The standard InChI is InChI=1S/C34H32Cl2N2O8S/c1-7-45-33(40)28-18(2)37-34-38(29(28)21-15-25(42-4)31(44-6)26(16-21)43-5)32(39)27(47-34)14-20-12-23(36)30(24(13-20)41-3)46-17-19-8-10-22(35)11-9-19/h8-16,29H,7,17H2,1-6H3/b27-14-/t29-/m0/s1. The Hall–Kier alpha value is -4.45. The fraction of sp³-hybridized carbons (Fsp3) is 0.265. The summed E-state index contributed by atoms with van der Waals surface area (Å²) in [6.07, 6.45) is 1.69. The molecule has 0 N–H and O–H groups in total. The molecule has 1 aromatic heterocycles. The van der Waals surface area contributed by atoms with Gasteiger partial charge in [0.2, 0.25) is 5.75 Å². The van der Waals surface area contributed by atoms with E-state index >= 15 is 0 Å². The van der Waals surface area contributed by atoms with Gasteiger partial charge in [0.05, 0.1) is 61.9 Å². The zero-order chi connectivity index (χ0) is 33.8. The maximum Gasteiger partial charge on any atom is 0.338 e. The van der Waals surface area contributed by atoms with Gasteiger partial charge in [-0.3, -0.25) is 9.36 Å². The molecule has 1 aliphatic heterocycles. The number of ether oxygens (including phenoxy) is 6. The van der Waals surface area contributed by atoms with Crippen LogP contribution in [0, 0.1) is 0 Å². The van der Waals surface area contributed by atoms with Crippen molar-refractivity contribution in [2.24, 2.45) is 4.99 Å². The topological polar surface area (TPSA) is 107 Å². The van der Waals surface area contributed by atoms with Crippen molar-refractivity contribution < 1.29 is 33.2 Å². The first-order chi connectivity index (χ1) is 22.6. The zero-order valence-corrected chi connectivity index (χ0v) is 28.8. The fourth-order valence-corrected chi connectivity index (χ4v) is 6.66. The summed E-state index contributed by atoms with van der Waals surface area (Å²) in [6, 6.07) is 13.2. The van der Waals surface area contributed by atoms with Gasteiger partial charge < -0.3 is 28.4 Å². The highest BCUT2D eigenvalue weighted by atomic mass is 35.5. The summed E-state index contributed by atoms with van der Waals surface area (Å²) in [5.74, 6) is 1.26. The molecular formula is C34H32Cl2N2O8S. The van der Waals surface area contributed by atoms with Crippen LogP contribution in [0.1, 0.15) is 36.6 Å². The highest BCUT2D eigenvalue weighted by Crippen LogP contribution is 2.42. The van der Waals surface area contributed by atoms with E-state index in [-0.39, 0.29) is 24.3 Å². The molecule has 0 fully saturated rings. The summed E-state index contributed by atoms with van der Waals surface area (Å²) in [5.41, 5.74) is 2.30. The smallest absolute Gasteiger partial charge is 0.338 e. The molecule has 10 nitrogen and oxygen atoms in total. The lowest BCUT2D eigenvalue weighted by molar-refractivity contribution is -0.139. The number of rotatable bonds is 11. The predicted octanol–water partition coefficient (Wildman–Crippen LogP) is 5.72. The minimum atomic E-state index is -0.900. The van der Waals surface area contributed by atoms with E-state index in [0.29, 0.717) is 65.0 Å². The van der Waals surface area contributed by atoms with Crippen LogP contribution in [0.15, 0.2) is 69.6 Å². The maximum atomic E-state index is 14.2. The number of hydrogen-bond acceptors (Lipinski definition) is 10. The molecular weight excluding hydrogens is 667 g/mol. The van der Waals surface area contributed by atoms with Crippen LogP contribution in [-0.4, -0.2) is 45.6 Å². The number of halogens is 2. The number of carbonyl (C=O) groups excluding carboxylic acids is 1. The highest BCUT2D eigenvalue weighted by molar-refractivity contribution is 7.07. The van der Waals surface area contributed by atoms with Crippen molar-refractivity contribution in [1.29, 1.82) is 0 Å². The van der Waals surface area contributed by atoms with Crippen molar-refractivity contribution in [1.82, 2.24) is 4.57 Å². The van der Waals surface area contributed by atoms with E-state index in [1.165, 1.54) is 44.3 Å². The Balaban J connectivity index is 1.63. The monoisotopic (exact) mass is 698 g/mol. The third-order valence-corrected chi connectivity index (χ3v) is 8.88. The van der Waals surface area contributed by atoms with Gasteiger partial charge in [0.15, 0.2) is 27.8 Å². The predicted molar refractivity (Wildman–Crippen MR) is 180 cm³/mol. The summed E-state index contributed by atoms with van der Waals surface area (Å²) in [6.45, 7) is 3.81. The third kappa shape index (κ3) is 6.83. The van der Waals surface area contributed by atoms with Crippen LogP contribution in [0.25, 0.3) is 6.08 Å². The number of thiazole rings is 1. The molecule has 0 bridgehead atoms. The number of hydrogen-bond donors (Lipinski definition) is 0. The molecule has 0 saturated heterocycles. The number of fused-ring (bicyclic) bond motifs is 1.